The Labute approximate surface area is 270 Å². The molecule has 48 heavy (non-hydrogen) atoms. The van der Waals surface area contributed by atoms with E-state index in [-0.39, 0.29) is 40.8 Å². The Bertz CT molecular complexity index is 1800. The smallest absolute Gasteiger partial charge is 0.478 e. The van der Waals surface area contributed by atoms with Gasteiger partial charge in [0.05, 0.1) is 0 Å². The third kappa shape index (κ3) is 8.89. The van der Waals surface area contributed by atoms with Crippen LogP contribution in [0.4, 0.5) is 27.6 Å². The van der Waals surface area contributed by atoms with Gasteiger partial charge in [-0.2, -0.15) is 26.9 Å². The maximum absolute atomic E-state index is 16.0. The van der Waals surface area contributed by atoms with Gasteiger partial charge in [-0.25, -0.2) is 19.6 Å². The second-order valence-corrected chi connectivity index (χ2v) is 10.3. The zero-order valence-corrected chi connectivity index (χ0v) is 25.7. The Hall–Kier alpha value is -5.87. The first-order valence-corrected chi connectivity index (χ1v) is 13.8. The molecule has 0 saturated heterocycles. The first-order valence-electron chi connectivity index (χ1n) is 13.8. The van der Waals surface area contributed by atoms with Crippen LogP contribution in [0.5, 0.6) is 23.3 Å². The maximum Gasteiger partial charge on any atom is 0.490 e. The fourth-order valence-corrected chi connectivity index (χ4v) is 4.28. The second kappa shape index (κ2) is 15.1. The number of nitrogens with zero attached hydrogens (tertiary/aromatic N) is 4. The number of carbonyl (C=O) groups is 2. The van der Waals surface area contributed by atoms with E-state index >= 15 is 8.78 Å². The SMILES string of the molecule is CC(C)N(c1c(F)c(Oc2cccc(C(=N)N)c2)nc(Oc2ccc(-c3ncccn3)cc2C(=O)O)c1F)C(C)C.O=C(O)C(F)(F)F. The third-order valence-corrected chi connectivity index (χ3v) is 6.21. The molecule has 0 bridgehead atoms. The van der Waals surface area contributed by atoms with Gasteiger partial charge in [0.1, 0.15) is 28.6 Å². The molecule has 0 unspecified atom stereocenters. The molecular weight excluding hydrogens is 647 g/mol. The van der Waals surface area contributed by atoms with Crippen LogP contribution in [-0.4, -0.2) is 61.2 Å². The number of anilines is 1. The third-order valence-electron chi connectivity index (χ3n) is 6.21. The molecule has 2 aromatic heterocycles. The number of carboxylic acids is 2. The minimum absolute atomic E-state index is 0.0895. The van der Waals surface area contributed by atoms with Crippen molar-refractivity contribution in [3.8, 4) is 34.6 Å². The Kier molecular flexibility index (Phi) is 11.5. The number of aromatic carboxylic acids is 1. The fourth-order valence-electron chi connectivity index (χ4n) is 4.28. The molecule has 0 spiro atoms. The highest BCUT2D eigenvalue weighted by Gasteiger charge is 2.38. The number of alkyl halides is 3. The number of pyridine rings is 1. The maximum atomic E-state index is 16.0. The van der Waals surface area contributed by atoms with E-state index in [1.54, 1.807) is 45.9 Å². The number of aromatic nitrogens is 3. The second-order valence-electron chi connectivity index (χ2n) is 10.3. The molecule has 0 aliphatic heterocycles. The Morgan fingerprint density at radius 2 is 1.46 bits per heavy atom. The van der Waals surface area contributed by atoms with Crippen LogP contribution in [0.1, 0.15) is 43.6 Å². The molecule has 17 heteroatoms. The number of nitrogens with one attached hydrogen (secondary N) is 1. The van der Waals surface area contributed by atoms with E-state index in [4.69, 9.17) is 30.5 Å². The van der Waals surface area contributed by atoms with Gasteiger partial charge in [0.2, 0.25) is 11.6 Å². The molecule has 5 N–H and O–H groups in total. The van der Waals surface area contributed by atoms with Crippen LogP contribution in [0.15, 0.2) is 60.9 Å². The largest absolute Gasteiger partial charge is 0.490 e. The molecule has 4 aromatic rings. The number of rotatable bonds is 10. The lowest BCUT2D eigenvalue weighted by Crippen LogP contribution is -2.38. The number of ether oxygens (including phenoxy) is 2. The predicted molar refractivity (Wildman–Crippen MR) is 163 cm³/mol. The van der Waals surface area contributed by atoms with Crippen molar-refractivity contribution >= 4 is 23.5 Å². The van der Waals surface area contributed by atoms with Gasteiger partial charge in [-0.1, -0.05) is 12.1 Å². The van der Waals surface area contributed by atoms with E-state index in [0.717, 1.165) is 0 Å². The average Bonchev–Trinajstić information content (AvgIpc) is 3.01. The van der Waals surface area contributed by atoms with E-state index in [0.29, 0.717) is 11.1 Å². The lowest BCUT2D eigenvalue weighted by molar-refractivity contribution is -0.192. The van der Waals surface area contributed by atoms with E-state index in [9.17, 15) is 23.1 Å². The minimum atomic E-state index is -5.08. The van der Waals surface area contributed by atoms with Crippen molar-refractivity contribution < 1.29 is 51.2 Å². The number of nitrogens with two attached hydrogens (primary N) is 1. The number of halogens is 5. The number of amidine groups is 1. The van der Waals surface area contributed by atoms with Crippen LogP contribution < -0.4 is 20.1 Å². The Morgan fingerprint density at radius 1 is 0.896 bits per heavy atom. The van der Waals surface area contributed by atoms with E-state index in [1.165, 1.54) is 47.6 Å². The molecule has 0 amide bonds. The number of hydrogen-bond acceptors (Lipinski definition) is 9. The Morgan fingerprint density at radius 3 is 1.96 bits per heavy atom. The van der Waals surface area contributed by atoms with Gasteiger partial charge in [-0.15, -0.1) is 0 Å². The van der Waals surface area contributed by atoms with Crippen LogP contribution in [0, 0.1) is 17.0 Å². The standard InChI is InChI=1S/C29H28F2N6O4.C2HF3O2/c1-15(2)37(16(3)4)24-22(30)27(40-19-8-5-7-17(13-19)25(32)33)36-28(23(24)31)41-21-10-9-18(14-20(21)29(38)39)26-34-11-6-12-35-26;3-2(4,5)1(6)7/h5-16H,1-4H3,(H3,32,33)(H,38,39);(H,6,7). The number of aliphatic carboxylic acids is 1. The van der Waals surface area contributed by atoms with Crippen molar-refractivity contribution in [3.63, 3.8) is 0 Å². The highest BCUT2D eigenvalue weighted by atomic mass is 19.4. The summed E-state index contributed by atoms with van der Waals surface area (Å²) in [7, 11) is 0. The number of hydrogen-bond donors (Lipinski definition) is 4. The molecule has 0 aliphatic rings. The highest BCUT2D eigenvalue weighted by Crippen LogP contribution is 2.40. The lowest BCUT2D eigenvalue weighted by atomic mass is 10.1. The monoisotopic (exact) mass is 676 g/mol. The zero-order chi connectivity index (χ0) is 35.9. The van der Waals surface area contributed by atoms with Gasteiger partial charge in [-0.05, 0) is 64.1 Å². The van der Waals surface area contributed by atoms with Crippen molar-refractivity contribution in [2.45, 2.75) is 46.0 Å². The zero-order valence-electron chi connectivity index (χ0n) is 25.7. The number of nitrogen functional groups attached to an aromatic ring is 1. The first-order chi connectivity index (χ1) is 22.4. The van der Waals surface area contributed by atoms with E-state index in [2.05, 4.69) is 15.0 Å². The van der Waals surface area contributed by atoms with Gasteiger partial charge < -0.3 is 30.3 Å². The summed E-state index contributed by atoms with van der Waals surface area (Å²) >= 11 is 0. The average molecular weight is 677 g/mol. The predicted octanol–water partition coefficient (Wildman–Crippen LogP) is 6.64. The van der Waals surface area contributed by atoms with Crippen LogP contribution in [-0.2, 0) is 4.79 Å². The van der Waals surface area contributed by atoms with Crippen molar-refractivity contribution in [3.05, 3.63) is 83.7 Å². The van der Waals surface area contributed by atoms with Crippen molar-refractivity contribution in [2.75, 3.05) is 4.90 Å². The number of carboxylic acid groups (broad SMARTS) is 2. The Balaban J connectivity index is 0.000000804. The molecule has 0 fully saturated rings. The molecule has 2 aromatic carbocycles. The molecule has 0 atom stereocenters. The van der Waals surface area contributed by atoms with Gasteiger partial charge in [0.15, 0.2) is 5.82 Å². The topological polar surface area (TPSA) is 185 Å². The quantitative estimate of drug-likeness (QED) is 0.0802. The molecule has 4 rings (SSSR count). The lowest BCUT2D eigenvalue weighted by Gasteiger charge is -2.33. The summed E-state index contributed by atoms with van der Waals surface area (Å²) in [4.78, 5) is 34.7. The summed E-state index contributed by atoms with van der Waals surface area (Å²) in [6.45, 7) is 7.07. The molecule has 12 nitrogen and oxygen atoms in total. The van der Waals surface area contributed by atoms with Crippen LogP contribution in [0.3, 0.4) is 0 Å². The highest BCUT2D eigenvalue weighted by molar-refractivity contribution is 5.95. The van der Waals surface area contributed by atoms with E-state index in [1.807, 2.05) is 0 Å². The van der Waals surface area contributed by atoms with Gasteiger partial charge >= 0.3 is 18.1 Å². The minimum Gasteiger partial charge on any atom is -0.478 e. The first kappa shape index (κ1) is 36.6. The van der Waals surface area contributed by atoms with Gasteiger partial charge in [-0.3, -0.25) is 5.41 Å². The summed E-state index contributed by atoms with van der Waals surface area (Å²) < 4.78 is 75.1. The molecule has 0 aliphatic carbocycles. The summed E-state index contributed by atoms with van der Waals surface area (Å²) in [5.41, 5.74) is 5.50. The van der Waals surface area contributed by atoms with Crippen LogP contribution in [0.25, 0.3) is 11.4 Å². The normalized spacial score (nSPS) is 11.1. The van der Waals surface area contributed by atoms with E-state index < -0.39 is 47.2 Å². The molecule has 0 radical (unpaired) electrons. The van der Waals surface area contributed by atoms with Crippen molar-refractivity contribution in [1.82, 2.24) is 15.0 Å². The van der Waals surface area contributed by atoms with Gasteiger partial charge in [0, 0.05) is 35.6 Å². The van der Waals surface area contributed by atoms with Crippen LogP contribution >= 0.6 is 0 Å². The summed E-state index contributed by atoms with van der Waals surface area (Å²) in [5.74, 6) is -7.75. The van der Waals surface area contributed by atoms with Crippen molar-refractivity contribution in [2.24, 2.45) is 5.73 Å². The van der Waals surface area contributed by atoms with Crippen LogP contribution in [0.2, 0.25) is 0 Å². The summed E-state index contributed by atoms with van der Waals surface area (Å²) in [5, 5.41) is 24.7. The number of benzene rings is 2. The summed E-state index contributed by atoms with van der Waals surface area (Å²) in [6, 6.07) is 11.1. The molecule has 0 saturated carbocycles. The molecule has 2 heterocycles. The molecular formula is C31H29F5N6O6. The summed E-state index contributed by atoms with van der Waals surface area (Å²) in [6.07, 6.45) is -2.06. The molecule has 254 valence electrons. The fraction of sp³-hybridized carbons (Fsp3) is 0.226. The van der Waals surface area contributed by atoms with Gasteiger partial charge in [0.25, 0.3) is 11.8 Å². The van der Waals surface area contributed by atoms with Crippen molar-refractivity contribution in [1.29, 1.82) is 5.41 Å².